The molecule has 1 aliphatic rings. The minimum atomic E-state index is -1.09. The Morgan fingerprint density at radius 1 is 1.75 bits per heavy atom. The first-order valence-corrected chi connectivity index (χ1v) is 2.33. The van der Waals surface area contributed by atoms with Gasteiger partial charge >= 0.3 is 0 Å². The number of hydrogen-bond donors (Lipinski definition) is 0. The van der Waals surface area contributed by atoms with E-state index in [9.17, 15) is 8.78 Å². The molecule has 1 rings (SSSR count). The van der Waals surface area contributed by atoms with Gasteiger partial charge in [-0.05, 0) is 6.08 Å². The number of alkyl halides is 1. The van der Waals surface area contributed by atoms with Crippen LogP contribution in [0.4, 0.5) is 8.78 Å². The predicted molar refractivity (Wildman–Crippen MR) is 27.2 cm³/mol. The van der Waals surface area contributed by atoms with E-state index in [0.717, 1.165) is 12.3 Å². The summed E-state index contributed by atoms with van der Waals surface area (Å²) in [4.78, 5) is 3.11. The summed E-state index contributed by atoms with van der Waals surface area (Å²) in [6.45, 7) is 0. The van der Waals surface area contributed by atoms with E-state index in [2.05, 4.69) is 4.99 Å². The summed E-state index contributed by atoms with van der Waals surface area (Å²) in [6, 6.07) is 0. The third-order valence-corrected chi connectivity index (χ3v) is 0.871. The zero-order valence-corrected chi connectivity index (χ0v) is 4.14. The van der Waals surface area contributed by atoms with Crippen molar-refractivity contribution in [3.63, 3.8) is 0 Å². The van der Waals surface area contributed by atoms with Gasteiger partial charge in [0, 0.05) is 12.6 Å². The number of nitrogens with zero attached hydrogens (tertiary/aromatic N) is 1. The molecule has 1 aliphatic heterocycles. The lowest BCUT2D eigenvalue weighted by molar-refractivity contribution is 0.423. The minimum absolute atomic E-state index is 0.120. The number of hydrogen-bond acceptors (Lipinski definition) is 1. The Hall–Kier alpha value is -0.730. The van der Waals surface area contributed by atoms with Gasteiger partial charge in [-0.15, -0.1) is 0 Å². The van der Waals surface area contributed by atoms with Gasteiger partial charge in [0.1, 0.15) is 6.17 Å². The van der Waals surface area contributed by atoms with Crippen LogP contribution in [0.3, 0.4) is 0 Å². The van der Waals surface area contributed by atoms with Crippen molar-refractivity contribution in [2.75, 3.05) is 0 Å². The van der Waals surface area contributed by atoms with Crippen LogP contribution in [0.1, 0.15) is 6.42 Å². The van der Waals surface area contributed by atoms with Crippen LogP contribution in [0.2, 0.25) is 0 Å². The number of rotatable bonds is 0. The topological polar surface area (TPSA) is 12.4 Å². The number of allylic oxidation sites excluding steroid dienone is 1. The Kier molecular flexibility index (Phi) is 1.37. The molecule has 1 atom stereocenters. The molecule has 0 fully saturated rings. The molecule has 0 aliphatic carbocycles. The monoisotopic (exact) mass is 117 g/mol. The Morgan fingerprint density at radius 2 is 2.50 bits per heavy atom. The smallest absolute Gasteiger partial charge is 0.208 e. The fourth-order valence-corrected chi connectivity index (χ4v) is 0.475. The van der Waals surface area contributed by atoms with Gasteiger partial charge in [-0.3, -0.25) is 0 Å². The van der Waals surface area contributed by atoms with Crippen LogP contribution in [-0.4, -0.2) is 12.4 Å². The third-order valence-electron chi connectivity index (χ3n) is 0.871. The van der Waals surface area contributed by atoms with E-state index in [4.69, 9.17) is 0 Å². The van der Waals surface area contributed by atoms with Gasteiger partial charge in [0.05, 0.1) is 0 Å². The molecule has 1 nitrogen and oxygen atoms in total. The van der Waals surface area contributed by atoms with Crippen LogP contribution < -0.4 is 0 Å². The average Bonchev–Trinajstić information content (AvgIpc) is 1.77. The van der Waals surface area contributed by atoms with Gasteiger partial charge < -0.3 is 0 Å². The van der Waals surface area contributed by atoms with Crippen LogP contribution in [0.25, 0.3) is 0 Å². The summed E-state index contributed by atoms with van der Waals surface area (Å²) >= 11 is 0. The highest BCUT2D eigenvalue weighted by atomic mass is 19.1. The fourth-order valence-electron chi connectivity index (χ4n) is 0.475. The van der Waals surface area contributed by atoms with Crippen molar-refractivity contribution in [3.8, 4) is 0 Å². The van der Waals surface area contributed by atoms with E-state index >= 15 is 0 Å². The average molecular weight is 117 g/mol. The molecule has 1 unspecified atom stereocenters. The minimum Gasteiger partial charge on any atom is -0.241 e. The predicted octanol–water partition coefficient (Wildman–Crippen LogP) is 1.61. The van der Waals surface area contributed by atoms with Crippen molar-refractivity contribution in [3.05, 3.63) is 12.0 Å². The molecule has 0 aromatic heterocycles. The first-order chi connectivity index (χ1) is 3.79. The molecule has 44 valence electrons. The second kappa shape index (κ2) is 2.03. The van der Waals surface area contributed by atoms with Crippen LogP contribution in [-0.2, 0) is 0 Å². The molecule has 1 heterocycles. The van der Waals surface area contributed by atoms with Crippen molar-refractivity contribution in [2.45, 2.75) is 12.6 Å². The molecule has 0 saturated carbocycles. The normalized spacial score (nSPS) is 27.8. The van der Waals surface area contributed by atoms with Gasteiger partial charge in [0.15, 0.2) is 0 Å². The third kappa shape index (κ3) is 1.12. The largest absolute Gasteiger partial charge is 0.241 e. The Morgan fingerprint density at radius 3 is 2.88 bits per heavy atom. The Bertz CT molecular complexity index is 139. The lowest BCUT2D eigenvalue weighted by Gasteiger charge is -2.00. The summed E-state index contributed by atoms with van der Waals surface area (Å²) in [5.74, 6) is -0.584. The van der Waals surface area contributed by atoms with Crippen LogP contribution in [0.5, 0.6) is 0 Å². The van der Waals surface area contributed by atoms with Crippen molar-refractivity contribution in [1.29, 1.82) is 0 Å². The SMILES string of the molecule is FC1=CCC(F)C=N1. The van der Waals surface area contributed by atoms with Crippen molar-refractivity contribution < 1.29 is 8.78 Å². The maximum Gasteiger partial charge on any atom is 0.208 e. The maximum absolute atomic E-state index is 12.0. The maximum atomic E-state index is 12.0. The van der Waals surface area contributed by atoms with Crippen molar-refractivity contribution in [2.24, 2.45) is 4.99 Å². The molecule has 0 aromatic carbocycles. The van der Waals surface area contributed by atoms with E-state index < -0.39 is 12.1 Å². The van der Waals surface area contributed by atoms with Gasteiger partial charge in [-0.1, -0.05) is 0 Å². The van der Waals surface area contributed by atoms with E-state index in [1.54, 1.807) is 0 Å². The fraction of sp³-hybridized carbons (Fsp3) is 0.400. The van der Waals surface area contributed by atoms with Crippen molar-refractivity contribution >= 4 is 6.21 Å². The zero-order valence-electron chi connectivity index (χ0n) is 4.14. The molecule has 0 radical (unpaired) electrons. The molecule has 0 aromatic rings. The van der Waals surface area contributed by atoms with Gasteiger partial charge in [-0.2, -0.15) is 4.39 Å². The number of halogens is 2. The van der Waals surface area contributed by atoms with Crippen molar-refractivity contribution in [1.82, 2.24) is 0 Å². The van der Waals surface area contributed by atoms with Gasteiger partial charge in [-0.25, -0.2) is 9.38 Å². The molecular formula is C5H5F2N. The lowest BCUT2D eigenvalue weighted by atomic mass is 10.2. The molecule has 0 spiro atoms. The summed E-state index contributed by atoms with van der Waals surface area (Å²) < 4.78 is 23.8. The quantitative estimate of drug-likeness (QED) is 0.427. The lowest BCUT2D eigenvalue weighted by Crippen LogP contribution is -2.02. The van der Waals surface area contributed by atoms with Gasteiger partial charge in [0.2, 0.25) is 5.95 Å². The second-order valence-electron chi connectivity index (χ2n) is 1.56. The molecule has 3 heteroatoms. The van der Waals surface area contributed by atoms with E-state index in [-0.39, 0.29) is 6.42 Å². The summed E-state index contributed by atoms with van der Waals surface area (Å²) in [6.07, 6.45) is 1.13. The zero-order chi connectivity index (χ0) is 5.98. The highest BCUT2D eigenvalue weighted by molar-refractivity contribution is 5.65. The molecule has 0 amide bonds. The first-order valence-electron chi connectivity index (χ1n) is 2.33. The van der Waals surface area contributed by atoms with Crippen LogP contribution in [0, 0.1) is 0 Å². The second-order valence-corrected chi connectivity index (χ2v) is 1.56. The summed E-state index contributed by atoms with van der Waals surface area (Å²) in [7, 11) is 0. The molecule has 0 N–H and O–H groups in total. The van der Waals surface area contributed by atoms with Gasteiger partial charge in [0.25, 0.3) is 0 Å². The number of aliphatic imine (C=N–C) groups is 1. The molecule has 0 bridgehead atoms. The Balaban J connectivity index is 2.58. The molecule has 0 saturated heterocycles. The highest BCUT2D eigenvalue weighted by Gasteiger charge is 2.05. The van der Waals surface area contributed by atoms with Crippen LogP contribution >= 0.6 is 0 Å². The Labute approximate surface area is 45.7 Å². The van der Waals surface area contributed by atoms with E-state index in [1.165, 1.54) is 0 Å². The molecular weight excluding hydrogens is 112 g/mol. The van der Waals surface area contributed by atoms with E-state index in [0.29, 0.717) is 0 Å². The van der Waals surface area contributed by atoms with Crippen LogP contribution in [0.15, 0.2) is 17.0 Å². The molecule has 8 heavy (non-hydrogen) atoms. The first kappa shape index (κ1) is 5.41. The van der Waals surface area contributed by atoms with E-state index in [1.807, 2.05) is 0 Å². The summed E-state index contributed by atoms with van der Waals surface area (Å²) in [5.41, 5.74) is 0. The standard InChI is InChI=1S/C5H5F2N/c6-4-1-2-5(7)8-3-4/h2-4H,1H2. The highest BCUT2D eigenvalue weighted by Crippen LogP contribution is 2.09. The summed E-state index contributed by atoms with van der Waals surface area (Å²) in [5, 5.41) is 0.